The van der Waals surface area contributed by atoms with Gasteiger partial charge in [-0.3, -0.25) is 0 Å². The van der Waals surface area contributed by atoms with E-state index in [-0.39, 0.29) is 11.8 Å². The number of fused-ring (bicyclic) bond motifs is 2. The molecule has 14 heavy (non-hydrogen) atoms. The van der Waals surface area contributed by atoms with E-state index in [1.807, 2.05) is 13.8 Å². The minimum absolute atomic E-state index is 0.116. The van der Waals surface area contributed by atoms with Gasteiger partial charge in [0.05, 0.1) is 0 Å². The summed E-state index contributed by atoms with van der Waals surface area (Å²) in [6, 6.07) is 0. The Bertz CT molecular complexity index is 253. The van der Waals surface area contributed by atoms with E-state index in [0.717, 1.165) is 0 Å². The molecular formula is C10H15F3O. The third-order valence-corrected chi connectivity index (χ3v) is 4.41. The van der Waals surface area contributed by atoms with Crippen molar-refractivity contribution in [1.29, 1.82) is 0 Å². The quantitative estimate of drug-likeness (QED) is 0.649. The van der Waals surface area contributed by atoms with Crippen molar-refractivity contribution < 1.29 is 18.3 Å². The molecule has 0 radical (unpaired) electrons. The van der Waals surface area contributed by atoms with E-state index in [0.29, 0.717) is 18.8 Å². The highest BCUT2D eigenvalue weighted by Gasteiger charge is 2.70. The van der Waals surface area contributed by atoms with Gasteiger partial charge >= 0.3 is 6.18 Å². The lowest BCUT2D eigenvalue weighted by Crippen LogP contribution is -2.66. The van der Waals surface area contributed by atoms with Crippen molar-refractivity contribution in [2.75, 3.05) is 0 Å². The molecule has 0 heterocycles. The van der Waals surface area contributed by atoms with Gasteiger partial charge in [0.25, 0.3) is 0 Å². The van der Waals surface area contributed by atoms with Crippen LogP contribution in [0.15, 0.2) is 0 Å². The molecule has 3 saturated carbocycles. The predicted molar refractivity (Wildman–Crippen MR) is 45.6 cm³/mol. The first-order valence-electron chi connectivity index (χ1n) is 4.98. The van der Waals surface area contributed by atoms with E-state index >= 15 is 0 Å². The van der Waals surface area contributed by atoms with Gasteiger partial charge in [0.2, 0.25) is 0 Å². The van der Waals surface area contributed by atoms with Gasteiger partial charge in [0, 0.05) is 5.92 Å². The molecule has 82 valence electrons. The molecule has 0 aromatic carbocycles. The van der Waals surface area contributed by atoms with Crippen molar-refractivity contribution in [2.24, 2.45) is 17.3 Å². The molecule has 3 aliphatic rings. The van der Waals surface area contributed by atoms with Gasteiger partial charge in [-0.25, -0.2) is 0 Å². The molecule has 0 spiro atoms. The maximum Gasteiger partial charge on any atom is 0.417 e. The number of halogens is 3. The first kappa shape index (κ1) is 10.3. The Morgan fingerprint density at radius 1 is 1.29 bits per heavy atom. The molecule has 3 atom stereocenters. The van der Waals surface area contributed by atoms with Crippen LogP contribution in [0.4, 0.5) is 13.2 Å². The second kappa shape index (κ2) is 2.46. The summed E-state index contributed by atoms with van der Waals surface area (Å²) in [5, 5.41) is 9.72. The van der Waals surface area contributed by atoms with Gasteiger partial charge in [-0.2, -0.15) is 13.2 Å². The molecule has 3 aliphatic carbocycles. The van der Waals surface area contributed by atoms with Crippen molar-refractivity contribution in [1.82, 2.24) is 0 Å². The van der Waals surface area contributed by atoms with Crippen LogP contribution in [0.2, 0.25) is 0 Å². The summed E-state index contributed by atoms with van der Waals surface area (Å²) in [6.45, 7) is 3.67. The molecule has 0 aromatic heterocycles. The van der Waals surface area contributed by atoms with Crippen LogP contribution in [0.25, 0.3) is 0 Å². The van der Waals surface area contributed by atoms with Crippen molar-refractivity contribution in [3.63, 3.8) is 0 Å². The summed E-state index contributed by atoms with van der Waals surface area (Å²) in [5.41, 5.74) is -2.77. The van der Waals surface area contributed by atoms with Gasteiger partial charge in [-0.15, -0.1) is 0 Å². The maximum absolute atomic E-state index is 12.7. The van der Waals surface area contributed by atoms with Crippen LogP contribution in [-0.2, 0) is 0 Å². The van der Waals surface area contributed by atoms with E-state index in [2.05, 4.69) is 0 Å². The molecule has 0 saturated heterocycles. The van der Waals surface area contributed by atoms with Crippen molar-refractivity contribution in [3.05, 3.63) is 0 Å². The minimum Gasteiger partial charge on any atom is -0.380 e. The van der Waals surface area contributed by atoms with Gasteiger partial charge in [0.15, 0.2) is 5.60 Å². The summed E-state index contributed by atoms with van der Waals surface area (Å²) < 4.78 is 38.1. The third-order valence-electron chi connectivity index (χ3n) is 4.41. The Balaban J connectivity index is 2.30. The van der Waals surface area contributed by atoms with E-state index in [1.54, 1.807) is 0 Å². The molecular weight excluding hydrogens is 193 g/mol. The van der Waals surface area contributed by atoms with Crippen molar-refractivity contribution in [2.45, 2.75) is 44.9 Å². The predicted octanol–water partition coefficient (Wildman–Crippen LogP) is 2.74. The molecule has 3 rings (SSSR count). The second-order valence-corrected chi connectivity index (χ2v) is 5.27. The zero-order chi connectivity index (χ0) is 10.8. The van der Waals surface area contributed by atoms with Gasteiger partial charge < -0.3 is 5.11 Å². The van der Waals surface area contributed by atoms with Crippen molar-refractivity contribution in [3.8, 4) is 0 Å². The summed E-state index contributed by atoms with van der Waals surface area (Å²) in [4.78, 5) is 0. The molecule has 0 amide bonds. The summed E-state index contributed by atoms with van der Waals surface area (Å²) in [7, 11) is 0. The summed E-state index contributed by atoms with van der Waals surface area (Å²) in [5.74, 6) is -0.233. The zero-order valence-electron chi connectivity index (χ0n) is 8.36. The zero-order valence-corrected chi connectivity index (χ0v) is 8.36. The summed E-state index contributed by atoms with van der Waals surface area (Å²) >= 11 is 0. The van der Waals surface area contributed by atoms with E-state index in [1.165, 1.54) is 0 Å². The summed E-state index contributed by atoms with van der Waals surface area (Å²) in [6.07, 6.45) is -3.56. The number of aliphatic hydroxyl groups is 1. The van der Waals surface area contributed by atoms with Crippen LogP contribution in [0.1, 0.15) is 33.1 Å². The second-order valence-electron chi connectivity index (χ2n) is 5.27. The lowest BCUT2D eigenvalue weighted by Gasteiger charge is -2.63. The Labute approximate surface area is 81.3 Å². The van der Waals surface area contributed by atoms with Crippen molar-refractivity contribution >= 4 is 0 Å². The fraction of sp³-hybridized carbons (Fsp3) is 1.00. The number of rotatable bonds is 0. The first-order chi connectivity index (χ1) is 6.19. The van der Waals surface area contributed by atoms with Crippen LogP contribution < -0.4 is 0 Å². The lowest BCUT2D eigenvalue weighted by molar-refractivity contribution is -0.336. The van der Waals surface area contributed by atoms with E-state index in [9.17, 15) is 18.3 Å². The number of alkyl halides is 3. The molecule has 1 N–H and O–H groups in total. The fourth-order valence-electron chi connectivity index (χ4n) is 3.22. The highest BCUT2D eigenvalue weighted by molar-refractivity contribution is 5.12. The van der Waals surface area contributed by atoms with Crippen LogP contribution in [0.3, 0.4) is 0 Å². The number of hydrogen-bond acceptors (Lipinski definition) is 1. The topological polar surface area (TPSA) is 20.2 Å². The maximum atomic E-state index is 12.7. The van der Waals surface area contributed by atoms with E-state index in [4.69, 9.17) is 0 Å². The van der Waals surface area contributed by atoms with Crippen LogP contribution in [0.5, 0.6) is 0 Å². The Morgan fingerprint density at radius 3 is 2.14 bits per heavy atom. The third kappa shape index (κ3) is 1.01. The first-order valence-corrected chi connectivity index (χ1v) is 4.98. The lowest BCUT2D eigenvalue weighted by atomic mass is 9.44. The average molecular weight is 208 g/mol. The van der Waals surface area contributed by atoms with Crippen LogP contribution in [-0.4, -0.2) is 16.9 Å². The fourth-order valence-corrected chi connectivity index (χ4v) is 3.22. The standard InChI is InChI=1S/C10H15F3O/c1-8(2)6-3-4-9(14,7(8)5-6)10(11,12)13/h6-7,14H,3-5H2,1-2H3. The monoisotopic (exact) mass is 208 g/mol. The average Bonchev–Trinajstić information content (AvgIpc) is 2.01. The molecule has 3 fully saturated rings. The Morgan fingerprint density at radius 2 is 1.86 bits per heavy atom. The normalized spacial score (nSPS) is 45.9. The van der Waals surface area contributed by atoms with Crippen LogP contribution >= 0.6 is 0 Å². The number of hydrogen-bond donors (Lipinski definition) is 1. The molecule has 4 heteroatoms. The highest BCUT2D eigenvalue weighted by Crippen LogP contribution is 2.65. The van der Waals surface area contributed by atoms with Gasteiger partial charge in [-0.1, -0.05) is 13.8 Å². The molecule has 1 nitrogen and oxygen atoms in total. The Hall–Kier alpha value is -0.250. The van der Waals surface area contributed by atoms with E-state index < -0.39 is 17.7 Å². The SMILES string of the molecule is CC1(C)C2CCC(O)(C(F)(F)F)C1C2. The smallest absolute Gasteiger partial charge is 0.380 e. The van der Waals surface area contributed by atoms with Gasteiger partial charge in [0.1, 0.15) is 0 Å². The highest BCUT2D eigenvalue weighted by atomic mass is 19.4. The van der Waals surface area contributed by atoms with Gasteiger partial charge in [-0.05, 0) is 30.6 Å². The molecule has 0 aliphatic heterocycles. The van der Waals surface area contributed by atoms with Crippen LogP contribution in [0, 0.1) is 17.3 Å². The molecule has 3 unspecified atom stereocenters. The Kier molecular flexibility index (Phi) is 1.81. The molecule has 0 aromatic rings. The minimum atomic E-state index is -4.47. The molecule has 2 bridgehead atoms. The largest absolute Gasteiger partial charge is 0.417 e.